The molecule has 1 heteroatoms. The molecule has 1 radical (unpaired) electrons. The molecule has 0 saturated heterocycles. The fourth-order valence-corrected chi connectivity index (χ4v) is 2.81. The fourth-order valence-electron chi connectivity index (χ4n) is 2.81. The lowest BCUT2D eigenvalue weighted by molar-refractivity contribution is -0.107. The second kappa shape index (κ2) is 16.7. The monoisotopic (exact) mass is 281 g/mol. The highest BCUT2D eigenvalue weighted by atomic mass is 16.1. The Morgan fingerprint density at radius 3 is 1.70 bits per heavy atom. The molecular formula is C19H37O. The molecule has 1 nitrogen and oxygen atoms in total. The minimum atomic E-state index is 0.635. The van der Waals surface area contributed by atoms with E-state index in [1.54, 1.807) is 0 Å². The molecule has 0 amide bonds. The molecule has 0 rings (SSSR count). The molecular weight excluding hydrogens is 244 g/mol. The van der Waals surface area contributed by atoms with Crippen LogP contribution in [0.2, 0.25) is 0 Å². The standard InChI is InChI=1S/C19H37O/c1-3-5-6-7-8-9-10-11-12-13-14-16-19(4-2)17-15-18-20/h17-19H,3-16H2,1-2H3. The zero-order valence-electron chi connectivity index (χ0n) is 14.0. The van der Waals surface area contributed by atoms with Gasteiger partial charge >= 0.3 is 0 Å². The Hall–Kier alpha value is -0.330. The molecule has 119 valence electrons. The highest BCUT2D eigenvalue weighted by Crippen LogP contribution is 2.18. The predicted molar refractivity (Wildman–Crippen MR) is 89.8 cm³/mol. The Balaban J connectivity index is 3.17. The maximum Gasteiger partial charge on any atom is 0.120 e. The summed E-state index contributed by atoms with van der Waals surface area (Å²) in [6.07, 6.45) is 21.8. The number of hydrogen-bond donors (Lipinski definition) is 0. The van der Waals surface area contributed by atoms with Gasteiger partial charge in [0.2, 0.25) is 0 Å². The van der Waals surface area contributed by atoms with Crippen LogP contribution in [0.3, 0.4) is 0 Å². The molecule has 0 spiro atoms. The van der Waals surface area contributed by atoms with Gasteiger partial charge in [-0.05, 0) is 12.3 Å². The number of carbonyl (C=O) groups excluding carboxylic acids is 1. The van der Waals surface area contributed by atoms with Gasteiger partial charge in [0, 0.05) is 6.42 Å². The number of rotatable bonds is 16. The van der Waals surface area contributed by atoms with Crippen LogP contribution < -0.4 is 0 Å². The van der Waals surface area contributed by atoms with E-state index in [9.17, 15) is 4.79 Å². The lowest BCUT2D eigenvalue weighted by Gasteiger charge is -2.12. The predicted octanol–water partition coefficient (Wildman–Crippen LogP) is 6.51. The summed E-state index contributed by atoms with van der Waals surface area (Å²) in [6.45, 7) is 4.50. The topological polar surface area (TPSA) is 17.1 Å². The largest absolute Gasteiger partial charge is 0.303 e. The van der Waals surface area contributed by atoms with Gasteiger partial charge in [-0.1, -0.05) is 97.3 Å². The number of hydrogen-bond acceptors (Lipinski definition) is 1. The van der Waals surface area contributed by atoms with Crippen LogP contribution >= 0.6 is 0 Å². The van der Waals surface area contributed by atoms with Crippen LogP contribution in [0.15, 0.2) is 0 Å². The maximum atomic E-state index is 10.4. The van der Waals surface area contributed by atoms with Gasteiger partial charge in [-0.3, -0.25) is 0 Å². The summed E-state index contributed by atoms with van der Waals surface area (Å²) < 4.78 is 0. The molecule has 0 aromatic carbocycles. The lowest BCUT2D eigenvalue weighted by atomic mass is 9.93. The maximum absolute atomic E-state index is 10.4. The summed E-state index contributed by atoms with van der Waals surface area (Å²) in [5, 5.41) is 0. The second-order valence-electron chi connectivity index (χ2n) is 6.13. The molecule has 0 bridgehead atoms. The lowest BCUT2D eigenvalue weighted by Crippen LogP contribution is -2.00. The Morgan fingerprint density at radius 1 is 0.750 bits per heavy atom. The van der Waals surface area contributed by atoms with E-state index < -0.39 is 0 Å². The summed E-state index contributed by atoms with van der Waals surface area (Å²) in [4.78, 5) is 10.4. The van der Waals surface area contributed by atoms with E-state index in [0.29, 0.717) is 12.3 Å². The van der Waals surface area contributed by atoms with Gasteiger partial charge < -0.3 is 4.79 Å². The first-order chi connectivity index (χ1) is 9.85. The first-order valence-electron chi connectivity index (χ1n) is 9.12. The van der Waals surface area contributed by atoms with E-state index in [2.05, 4.69) is 20.3 Å². The molecule has 20 heavy (non-hydrogen) atoms. The van der Waals surface area contributed by atoms with Gasteiger partial charge in [0.1, 0.15) is 6.29 Å². The number of unbranched alkanes of at least 4 members (excludes halogenated alkanes) is 10. The Morgan fingerprint density at radius 2 is 1.25 bits per heavy atom. The first kappa shape index (κ1) is 19.7. The van der Waals surface area contributed by atoms with Crippen molar-refractivity contribution in [1.29, 1.82) is 0 Å². The fraction of sp³-hybridized carbons (Fsp3) is 0.895. The van der Waals surface area contributed by atoms with Gasteiger partial charge in [0.15, 0.2) is 0 Å². The molecule has 0 saturated carbocycles. The van der Waals surface area contributed by atoms with Crippen LogP contribution in [0.1, 0.15) is 104 Å². The zero-order valence-corrected chi connectivity index (χ0v) is 14.0. The Labute approximate surface area is 127 Å². The molecule has 0 aliphatic carbocycles. The summed E-state index contributed by atoms with van der Waals surface area (Å²) >= 11 is 0. The van der Waals surface area contributed by atoms with Crippen LogP contribution in [0.5, 0.6) is 0 Å². The molecule has 0 aromatic rings. The van der Waals surface area contributed by atoms with E-state index in [1.807, 2.05) is 0 Å². The van der Waals surface area contributed by atoms with Crippen LogP contribution in [0.4, 0.5) is 0 Å². The summed E-state index contributed by atoms with van der Waals surface area (Å²) in [5.74, 6) is 0.666. The van der Waals surface area contributed by atoms with Crippen LogP contribution in [0.25, 0.3) is 0 Å². The van der Waals surface area contributed by atoms with Crippen molar-refractivity contribution in [3.63, 3.8) is 0 Å². The Bertz CT molecular complexity index is 188. The highest BCUT2D eigenvalue weighted by Gasteiger charge is 2.05. The van der Waals surface area contributed by atoms with Crippen molar-refractivity contribution < 1.29 is 4.79 Å². The van der Waals surface area contributed by atoms with Gasteiger partial charge in [-0.2, -0.15) is 0 Å². The van der Waals surface area contributed by atoms with Crippen molar-refractivity contribution in [2.45, 2.75) is 104 Å². The van der Waals surface area contributed by atoms with Gasteiger partial charge in [0.25, 0.3) is 0 Å². The van der Waals surface area contributed by atoms with Crippen molar-refractivity contribution >= 4 is 6.29 Å². The molecule has 0 N–H and O–H groups in total. The average molecular weight is 282 g/mol. The van der Waals surface area contributed by atoms with E-state index in [0.717, 1.165) is 6.29 Å². The van der Waals surface area contributed by atoms with Crippen molar-refractivity contribution in [3.8, 4) is 0 Å². The molecule has 0 heterocycles. The summed E-state index contributed by atoms with van der Waals surface area (Å²) in [5.41, 5.74) is 0. The van der Waals surface area contributed by atoms with Gasteiger partial charge in [-0.15, -0.1) is 0 Å². The van der Waals surface area contributed by atoms with Crippen molar-refractivity contribution in [3.05, 3.63) is 6.42 Å². The van der Waals surface area contributed by atoms with Crippen LogP contribution in [-0.4, -0.2) is 6.29 Å². The van der Waals surface area contributed by atoms with Crippen LogP contribution in [-0.2, 0) is 4.79 Å². The first-order valence-corrected chi connectivity index (χ1v) is 9.12. The minimum Gasteiger partial charge on any atom is -0.303 e. The number of aldehydes is 1. The zero-order chi connectivity index (χ0) is 14.9. The highest BCUT2D eigenvalue weighted by molar-refractivity contribution is 5.51. The van der Waals surface area contributed by atoms with Crippen molar-refractivity contribution in [2.24, 2.45) is 5.92 Å². The quantitative estimate of drug-likeness (QED) is 0.233. The molecule has 1 unspecified atom stereocenters. The SMILES string of the molecule is CCCCCCCCCCCCCC([CH]CC=O)CC. The molecule has 0 aliphatic heterocycles. The van der Waals surface area contributed by atoms with E-state index in [4.69, 9.17) is 0 Å². The average Bonchev–Trinajstić information content (AvgIpc) is 2.48. The van der Waals surface area contributed by atoms with Gasteiger partial charge in [-0.25, -0.2) is 0 Å². The third kappa shape index (κ3) is 14.1. The second-order valence-corrected chi connectivity index (χ2v) is 6.13. The normalized spacial score (nSPS) is 12.5. The van der Waals surface area contributed by atoms with E-state index in [1.165, 1.54) is 83.5 Å². The third-order valence-corrected chi connectivity index (χ3v) is 4.27. The third-order valence-electron chi connectivity index (χ3n) is 4.27. The molecule has 0 fully saturated rings. The van der Waals surface area contributed by atoms with Gasteiger partial charge in [0.05, 0.1) is 0 Å². The van der Waals surface area contributed by atoms with Crippen LogP contribution in [0, 0.1) is 12.3 Å². The molecule has 1 atom stereocenters. The van der Waals surface area contributed by atoms with Crippen molar-refractivity contribution in [1.82, 2.24) is 0 Å². The Kier molecular flexibility index (Phi) is 16.4. The molecule has 0 aliphatic rings. The molecule has 0 aromatic heterocycles. The van der Waals surface area contributed by atoms with E-state index >= 15 is 0 Å². The van der Waals surface area contributed by atoms with Crippen molar-refractivity contribution in [2.75, 3.05) is 0 Å². The minimum absolute atomic E-state index is 0.635. The summed E-state index contributed by atoms with van der Waals surface area (Å²) in [7, 11) is 0. The number of carbonyl (C=O) groups is 1. The summed E-state index contributed by atoms with van der Waals surface area (Å²) in [6, 6.07) is 0. The van der Waals surface area contributed by atoms with E-state index in [-0.39, 0.29) is 0 Å². The smallest absolute Gasteiger partial charge is 0.120 e.